The summed E-state index contributed by atoms with van der Waals surface area (Å²) < 4.78 is 66.3. The molecule has 2 saturated heterocycles. The van der Waals surface area contributed by atoms with Gasteiger partial charge in [-0.1, -0.05) is 12.1 Å². The number of halogens is 3. The lowest BCUT2D eigenvalue weighted by Crippen LogP contribution is -2.51. The van der Waals surface area contributed by atoms with Crippen LogP contribution in [0.5, 0.6) is 0 Å². The minimum absolute atomic E-state index is 0.0147. The van der Waals surface area contributed by atoms with Crippen molar-refractivity contribution in [3.05, 3.63) is 29.8 Å². The van der Waals surface area contributed by atoms with E-state index in [1.54, 1.807) is 4.90 Å². The van der Waals surface area contributed by atoms with Crippen molar-refractivity contribution in [2.45, 2.75) is 23.9 Å². The van der Waals surface area contributed by atoms with Gasteiger partial charge in [-0.15, -0.1) is 0 Å². The smallest absolute Gasteiger partial charge is 0.340 e. The molecule has 0 saturated carbocycles. The topological polar surface area (TPSA) is 60.9 Å². The fraction of sp³-hybridized carbons (Fsp3) is 0.611. The fourth-order valence-corrected chi connectivity index (χ4v) is 5.37. The molecule has 0 atom stereocenters. The van der Waals surface area contributed by atoms with Gasteiger partial charge < -0.3 is 9.80 Å². The number of carbonyl (C=O) groups is 1. The molecule has 3 rings (SSSR count). The summed E-state index contributed by atoms with van der Waals surface area (Å²) in [5.41, 5.74) is -1.16. The number of amides is 1. The minimum atomic E-state index is -4.75. The summed E-state index contributed by atoms with van der Waals surface area (Å²) in [5.74, 6) is -0.270. The Labute approximate surface area is 162 Å². The number of hydrogen-bond donors (Lipinski definition) is 0. The molecule has 0 radical (unpaired) electrons. The van der Waals surface area contributed by atoms with Crippen molar-refractivity contribution in [1.29, 1.82) is 0 Å². The third kappa shape index (κ3) is 4.33. The predicted octanol–water partition coefficient (Wildman–Crippen LogP) is 1.88. The van der Waals surface area contributed by atoms with Crippen LogP contribution in [0.2, 0.25) is 0 Å². The Morgan fingerprint density at radius 3 is 2.14 bits per heavy atom. The molecule has 156 valence electrons. The van der Waals surface area contributed by atoms with E-state index >= 15 is 0 Å². The second kappa shape index (κ2) is 8.00. The number of piperidine rings is 1. The summed E-state index contributed by atoms with van der Waals surface area (Å²) in [6.45, 7) is 2.97. The summed E-state index contributed by atoms with van der Waals surface area (Å²) in [5, 5.41) is 0. The van der Waals surface area contributed by atoms with E-state index in [4.69, 9.17) is 0 Å². The molecule has 2 fully saturated rings. The first-order valence-electron chi connectivity index (χ1n) is 9.24. The Morgan fingerprint density at radius 2 is 1.57 bits per heavy atom. The first-order chi connectivity index (χ1) is 13.1. The first-order valence-corrected chi connectivity index (χ1v) is 10.7. The van der Waals surface area contributed by atoms with E-state index in [0.717, 1.165) is 29.5 Å². The molecule has 2 heterocycles. The fourth-order valence-electron chi connectivity index (χ4n) is 3.69. The Hall–Kier alpha value is -1.65. The number of rotatable bonds is 3. The lowest BCUT2D eigenvalue weighted by molar-refractivity contribution is -0.140. The Morgan fingerprint density at radius 1 is 1.00 bits per heavy atom. The highest BCUT2D eigenvalue weighted by atomic mass is 32.2. The van der Waals surface area contributed by atoms with Crippen molar-refractivity contribution in [3.8, 4) is 0 Å². The van der Waals surface area contributed by atoms with Crippen LogP contribution in [0.1, 0.15) is 18.4 Å². The molecule has 0 spiro atoms. The molecule has 2 aliphatic heterocycles. The monoisotopic (exact) mass is 419 g/mol. The molecule has 6 nitrogen and oxygen atoms in total. The standard InChI is InChI=1S/C18H24F3N3O3S/c1-22-10-12-23(13-11-22)17(25)14-6-8-24(9-7-14)28(26,27)16-5-3-2-4-15(16)18(19,20)21/h2-5,14H,6-13H2,1H3. The summed E-state index contributed by atoms with van der Waals surface area (Å²) in [4.78, 5) is 15.9. The third-order valence-corrected chi connectivity index (χ3v) is 7.39. The number of piperazine rings is 1. The summed E-state index contributed by atoms with van der Waals surface area (Å²) in [6, 6.07) is 4.21. The average molecular weight is 419 g/mol. The van der Waals surface area contributed by atoms with Crippen LogP contribution in [0.15, 0.2) is 29.2 Å². The maximum Gasteiger partial charge on any atom is 0.417 e. The second-order valence-corrected chi connectivity index (χ2v) is 9.21. The predicted molar refractivity (Wildman–Crippen MR) is 97.0 cm³/mol. The van der Waals surface area contributed by atoms with Gasteiger partial charge in [0, 0.05) is 45.2 Å². The van der Waals surface area contributed by atoms with Crippen molar-refractivity contribution in [1.82, 2.24) is 14.1 Å². The molecule has 1 amide bonds. The van der Waals surface area contributed by atoms with Crippen molar-refractivity contribution in [2.24, 2.45) is 5.92 Å². The normalized spacial score (nSPS) is 21.1. The van der Waals surface area contributed by atoms with Gasteiger partial charge in [0.1, 0.15) is 0 Å². The number of likely N-dealkylation sites (N-methyl/N-ethyl adjacent to an activating group) is 1. The van der Waals surface area contributed by atoms with E-state index in [1.807, 2.05) is 7.05 Å². The van der Waals surface area contributed by atoms with Gasteiger partial charge in [-0.05, 0) is 32.0 Å². The van der Waals surface area contributed by atoms with Gasteiger partial charge in [0.05, 0.1) is 10.5 Å². The molecule has 10 heteroatoms. The lowest BCUT2D eigenvalue weighted by atomic mass is 9.96. The average Bonchev–Trinajstić information content (AvgIpc) is 2.67. The molecule has 1 aromatic rings. The van der Waals surface area contributed by atoms with Crippen LogP contribution in [0, 0.1) is 5.92 Å². The molecule has 1 aromatic carbocycles. The number of carbonyl (C=O) groups excluding carboxylic acids is 1. The van der Waals surface area contributed by atoms with Gasteiger partial charge in [-0.2, -0.15) is 17.5 Å². The lowest BCUT2D eigenvalue weighted by Gasteiger charge is -2.37. The summed E-state index contributed by atoms with van der Waals surface area (Å²) in [6.07, 6.45) is -4.11. The SMILES string of the molecule is CN1CCN(C(=O)C2CCN(S(=O)(=O)c3ccccc3C(F)(F)F)CC2)CC1. The number of nitrogens with zero attached hydrogens (tertiary/aromatic N) is 3. The third-order valence-electron chi connectivity index (χ3n) is 5.43. The zero-order chi connectivity index (χ0) is 20.5. The van der Waals surface area contributed by atoms with Gasteiger partial charge >= 0.3 is 6.18 Å². The van der Waals surface area contributed by atoms with Crippen LogP contribution in [-0.4, -0.2) is 74.7 Å². The van der Waals surface area contributed by atoms with E-state index in [1.165, 1.54) is 12.1 Å². The summed E-state index contributed by atoms with van der Waals surface area (Å²) >= 11 is 0. The number of sulfonamides is 1. The van der Waals surface area contributed by atoms with E-state index < -0.39 is 26.7 Å². The molecule has 0 bridgehead atoms. The number of alkyl halides is 3. The van der Waals surface area contributed by atoms with Crippen LogP contribution in [0.4, 0.5) is 13.2 Å². The highest BCUT2D eigenvalue weighted by molar-refractivity contribution is 7.89. The maximum atomic E-state index is 13.2. The van der Waals surface area contributed by atoms with Gasteiger partial charge in [-0.25, -0.2) is 8.42 Å². The van der Waals surface area contributed by atoms with E-state index in [2.05, 4.69) is 4.90 Å². The van der Waals surface area contributed by atoms with Gasteiger partial charge in [0.15, 0.2) is 0 Å². The molecule has 0 aromatic heterocycles. The molecule has 2 aliphatic rings. The highest BCUT2D eigenvalue weighted by Gasteiger charge is 2.40. The van der Waals surface area contributed by atoms with Crippen LogP contribution < -0.4 is 0 Å². The van der Waals surface area contributed by atoms with E-state index in [0.29, 0.717) is 25.9 Å². The molecular formula is C18H24F3N3O3S. The van der Waals surface area contributed by atoms with Gasteiger partial charge in [-0.3, -0.25) is 4.79 Å². The van der Waals surface area contributed by atoms with Crippen molar-refractivity contribution in [2.75, 3.05) is 46.3 Å². The first kappa shape index (κ1) is 21.1. The van der Waals surface area contributed by atoms with Crippen molar-refractivity contribution in [3.63, 3.8) is 0 Å². The Kier molecular flexibility index (Phi) is 6.02. The van der Waals surface area contributed by atoms with Crippen molar-refractivity contribution >= 4 is 15.9 Å². The molecule has 0 aliphatic carbocycles. The van der Waals surface area contributed by atoms with Gasteiger partial charge in [0.25, 0.3) is 0 Å². The quantitative estimate of drug-likeness (QED) is 0.751. The molecule has 28 heavy (non-hydrogen) atoms. The molecule has 0 unspecified atom stereocenters. The largest absolute Gasteiger partial charge is 0.417 e. The van der Waals surface area contributed by atoms with Crippen LogP contribution in [0.3, 0.4) is 0 Å². The maximum absolute atomic E-state index is 13.2. The molecular weight excluding hydrogens is 395 g/mol. The van der Waals surface area contributed by atoms with Gasteiger partial charge in [0.2, 0.25) is 15.9 Å². The van der Waals surface area contributed by atoms with Crippen LogP contribution in [-0.2, 0) is 21.0 Å². The van der Waals surface area contributed by atoms with E-state index in [9.17, 15) is 26.4 Å². The Bertz CT molecular complexity index is 813. The van der Waals surface area contributed by atoms with Crippen molar-refractivity contribution < 1.29 is 26.4 Å². The highest BCUT2D eigenvalue weighted by Crippen LogP contribution is 2.36. The minimum Gasteiger partial charge on any atom is -0.340 e. The zero-order valence-electron chi connectivity index (χ0n) is 15.7. The van der Waals surface area contributed by atoms with E-state index in [-0.39, 0.29) is 24.9 Å². The summed E-state index contributed by atoms with van der Waals surface area (Å²) in [7, 11) is -2.29. The number of benzene rings is 1. The van der Waals surface area contributed by atoms with Crippen LogP contribution in [0.25, 0.3) is 0 Å². The van der Waals surface area contributed by atoms with Crippen LogP contribution >= 0.6 is 0 Å². The Balaban J connectivity index is 1.69. The zero-order valence-corrected chi connectivity index (χ0v) is 16.5. The number of hydrogen-bond acceptors (Lipinski definition) is 4. The second-order valence-electron chi connectivity index (χ2n) is 7.30. The molecule has 0 N–H and O–H groups in total.